The van der Waals surface area contributed by atoms with Crippen LogP contribution in [0.1, 0.15) is 16.5 Å². The number of phenolic OH excluding ortho intramolecular Hbond substituents is 1. The molecule has 5 nitrogen and oxygen atoms in total. The van der Waals surface area contributed by atoms with Crippen LogP contribution in [-0.2, 0) is 4.79 Å². The number of nitrogens with zero attached hydrogens (tertiary/aromatic N) is 1. The largest absolute Gasteiger partial charge is 0.506 e. The highest BCUT2D eigenvalue weighted by molar-refractivity contribution is 7.10. The first-order valence-electron chi connectivity index (χ1n) is 9.95. The molecule has 3 aromatic rings. The molecule has 1 atom stereocenters. The van der Waals surface area contributed by atoms with E-state index in [1.54, 1.807) is 17.4 Å². The molecule has 2 aromatic carbocycles. The van der Waals surface area contributed by atoms with Crippen molar-refractivity contribution < 1.29 is 14.8 Å². The summed E-state index contributed by atoms with van der Waals surface area (Å²) in [7, 11) is 0. The SMILES string of the molecule is O=C(C[NH+]1CCN(c2ccccc2O)CC1)N[C@@H](c1ccccc1)c1cccs1. The molecular formula is C23H26N3O2S+. The Morgan fingerprint density at radius 1 is 1.03 bits per heavy atom. The van der Waals surface area contributed by atoms with Crippen LogP contribution in [0.3, 0.4) is 0 Å². The van der Waals surface area contributed by atoms with Gasteiger partial charge in [-0.25, -0.2) is 0 Å². The summed E-state index contributed by atoms with van der Waals surface area (Å²) < 4.78 is 0. The molecule has 0 saturated carbocycles. The first-order valence-corrected chi connectivity index (χ1v) is 10.8. The Labute approximate surface area is 175 Å². The molecule has 1 aromatic heterocycles. The van der Waals surface area contributed by atoms with Crippen molar-refractivity contribution in [3.63, 3.8) is 0 Å². The quantitative estimate of drug-likeness (QED) is 0.585. The summed E-state index contributed by atoms with van der Waals surface area (Å²) in [6.45, 7) is 3.86. The van der Waals surface area contributed by atoms with Crippen LogP contribution in [0.15, 0.2) is 72.1 Å². The smallest absolute Gasteiger partial charge is 0.275 e. The topological polar surface area (TPSA) is 57.0 Å². The number of piperazine rings is 1. The van der Waals surface area contributed by atoms with E-state index in [-0.39, 0.29) is 11.9 Å². The van der Waals surface area contributed by atoms with Crippen molar-refractivity contribution in [2.45, 2.75) is 6.04 Å². The minimum atomic E-state index is -0.106. The number of hydrogen-bond donors (Lipinski definition) is 3. The molecule has 29 heavy (non-hydrogen) atoms. The number of anilines is 1. The number of thiophene rings is 1. The van der Waals surface area contributed by atoms with Gasteiger partial charge in [-0.3, -0.25) is 4.79 Å². The summed E-state index contributed by atoms with van der Waals surface area (Å²) in [4.78, 5) is 17.4. The van der Waals surface area contributed by atoms with Crippen LogP contribution in [0.25, 0.3) is 0 Å². The number of carbonyl (C=O) groups is 1. The number of rotatable bonds is 6. The minimum absolute atomic E-state index is 0.0678. The van der Waals surface area contributed by atoms with Gasteiger partial charge in [0.25, 0.3) is 5.91 Å². The Kier molecular flexibility index (Phi) is 6.12. The molecule has 3 N–H and O–H groups in total. The van der Waals surface area contributed by atoms with Crippen molar-refractivity contribution >= 4 is 22.9 Å². The van der Waals surface area contributed by atoms with Crippen molar-refractivity contribution in [3.05, 3.63) is 82.6 Å². The summed E-state index contributed by atoms with van der Waals surface area (Å²) in [5.74, 6) is 0.383. The van der Waals surface area contributed by atoms with Gasteiger partial charge in [0, 0.05) is 4.88 Å². The fraction of sp³-hybridized carbons (Fsp3) is 0.261. The number of benzene rings is 2. The minimum Gasteiger partial charge on any atom is -0.506 e. The van der Waals surface area contributed by atoms with Crippen molar-refractivity contribution in [2.75, 3.05) is 37.6 Å². The first kappa shape index (κ1) is 19.5. The molecule has 4 rings (SSSR count). The van der Waals surface area contributed by atoms with Gasteiger partial charge in [-0.1, -0.05) is 48.5 Å². The molecule has 0 unspecified atom stereocenters. The molecule has 1 fully saturated rings. The third kappa shape index (κ3) is 4.78. The second-order valence-corrected chi connectivity index (χ2v) is 8.31. The lowest BCUT2D eigenvalue weighted by molar-refractivity contribution is -0.892. The monoisotopic (exact) mass is 408 g/mol. The average Bonchev–Trinajstić information content (AvgIpc) is 3.28. The van der Waals surface area contributed by atoms with Gasteiger partial charge < -0.3 is 20.2 Å². The molecule has 0 aliphatic carbocycles. The van der Waals surface area contributed by atoms with Crippen LogP contribution < -0.4 is 15.1 Å². The second kappa shape index (κ2) is 9.11. The number of carbonyl (C=O) groups excluding carboxylic acids is 1. The van der Waals surface area contributed by atoms with Gasteiger partial charge in [0.05, 0.1) is 37.9 Å². The van der Waals surface area contributed by atoms with Crippen molar-refractivity contribution in [2.24, 2.45) is 0 Å². The van der Waals surface area contributed by atoms with Gasteiger partial charge in [-0.05, 0) is 29.1 Å². The zero-order valence-electron chi connectivity index (χ0n) is 16.3. The number of hydrogen-bond acceptors (Lipinski definition) is 4. The maximum Gasteiger partial charge on any atom is 0.275 e. The molecule has 1 aliphatic heterocycles. The number of amides is 1. The molecule has 1 amide bonds. The van der Waals surface area contributed by atoms with E-state index in [0.717, 1.165) is 42.3 Å². The normalized spacial score (nSPS) is 15.8. The number of para-hydroxylation sites is 2. The summed E-state index contributed by atoms with van der Waals surface area (Å²) in [6, 6.07) is 21.5. The standard InChI is InChI=1S/C23H25N3O2S/c27-20-10-5-4-9-19(20)26-14-12-25(13-15-26)17-22(28)24-23(21-11-6-16-29-21)18-7-2-1-3-8-18/h1-11,16,23,27H,12-15,17H2,(H,24,28)/p+1/t23-/m0/s1. The molecular weight excluding hydrogens is 382 g/mol. The maximum absolute atomic E-state index is 12.8. The van der Waals surface area contributed by atoms with Gasteiger partial charge in [-0.15, -0.1) is 11.3 Å². The zero-order chi connectivity index (χ0) is 20.1. The lowest BCUT2D eigenvalue weighted by Gasteiger charge is -2.33. The molecule has 2 heterocycles. The average molecular weight is 409 g/mol. The van der Waals surface area contributed by atoms with Crippen molar-refractivity contribution in [1.29, 1.82) is 0 Å². The molecule has 0 bridgehead atoms. The molecule has 6 heteroatoms. The van der Waals surface area contributed by atoms with E-state index in [1.807, 2.05) is 47.8 Å². The highest BCUT2D eigenvalue weighted by Gasteiger charge is 2.25. The summed E-state index contributed by atoms with van der Waals surface area (Å²) in [5, 5.41) is 15.3. The molecule has 1 aliphatic rings. The van der Waals surface area contributed by atoms with Gasteiger partial charge in [0.1, 0.15) is 5.75 Å². The van der Waals surface area contributed by atoms with Gasteiger partial charge in [0.15, 0.2) is 6.54 Å². The molecule has 0 radical (unpaired) electrons. The fourth-order valence-electron chi connectivity index (χ4n) is 3.83. The highest BCUT2D eigenvalue weighted by Crippen LogP contribution is 2.26. The van der Waals surface area contributed by atoms with E-state index >= 15 is 0 Å². The van der Waals surface area contributed by atoms with Crippen LogP contribution in [0, 0.1) is 0 Å². The Morgan fingerprint density at radius 2 is 1.76 bits per heavy atom. The third-order valence-corrected chi connectivity index (χ3v) is 6.31. The van der Waals surface area contributed by atoms with Crippen LogP contribution in [0.4, 0.5) is 5.69 Å². The Hall–Kier alpha value is -2.83. The van der Waals surface area contributed by atoms with Crippen molar-refractivity contribution in [1.82, 2.24) is 5.32 Å². The number of phenols is 1. The zero-order valence-corrected chi connectivity index (χ0v) is 17.1. The molecule has 0 spiro atoms. The Bertz CT molecular complexity index is 922. The lowest BCUT2D eigenvalue weighted by Crippen LogP contribution is -3.16. The number of aromatic hydroxyl groups is 1. The van der Waals surface area contributed by atoms with E-state index < -0.39 is 0 Å². The van der Waals surface area contributed by atoms with E-state index in [0.29, 0.717) is 12.3 Å². The highest BCUT2D eigenvalue weighted by atomic mass is 32.1. The van der Waals surface area contributed by atoms with Crippen LogP contribution in [0.5, 0.6) is 5.75 Å². The van der Waals surface area contributed by atoms with E-state index in [9.17, 15) is 9.90 Å². The van der Waals surface area contributed by atoms with E-state index in [1.165, 1.54) is 4.90 Å². The predicted octanol–water partition coefficient (Wildman–Crippen LogP) is 2.06. The third-order valence-electron chi connectivity index (χ3n) is 5.37. The van der Waals surface area contributed by atoms with Crippen LogP contribution >= 0.6 is 11.3 Å². The van der Waals surface area contributed by atoms with E-state index in [4.69, 9.17) is 0 Å². The number of quaternary nitrogens is 1. The first-order chi connectivity index (χ1) is 14.2. The summed E-state index contributed by atoms with van der Waals surface area (Å²) >= 11 is 1.66. The number of nitrogens with one attached hydrogen (secondary N) is 2. The Balaban J connectivity index is 1.35. The predicted molar refractivity (Wildman–Crippen MR) is 117 cm³/mol. The molecule has 1 saturated heterocycles. The van der Waals surface area contributed by atoms with Crippen molar-refractivity contribution in [3.8, 4) is 5.75 Å². The van der Waals surface area contributed by atoms with Gasteiger partial charge >= 0.3 is 0 Å². The van der Waals surface area contributed by atoms with Crippen LogP contribution in [0.2, 0.25) is 0 Å². The summed E-state index contributed by atoms with van der Waals surface area (Å²) in [5.41, 5.74) is 1.97. The van der Waals surface area contributed by atoms with E-state index in [2.05, 4.69) is 28.4 Å². The second-order valence-electron chi connectivity index (χ2n) is 7.33. The van der Waals surface area contributed by atoms with Gasteiger partial charge in [0.2, 0.25) is 0 Å². The Morgan fingerprint density at radius 3 is 2.45 bits per heavy atom. The van der Waals surface area contributed by atoms with Gasteiger partial charge in [-0.2, -0.15) is 0 Å². The summed E-state index contributed by atoms with van der Waals surface area (Å²) in [6.07, 6.45) is 0. The lowest BCUT2D eigenvalue weighted by atomic mass is 10.1. The molecule has 150 valence electrons. The fourth-order valence-corrected chi connectivity index (χ4v) is 4.63. The van der Waals surface area contributed by atoms with Crippen LogP contribution in [-0.4, -0.2) is 43.7 Å². The maximum atomic E-state index is 12.8.